The monoisotopic (exact) mass is 487 g/mol. The number of nitrogens with zero attached hydrogens (tertiary/aromatic N) is 3. The lowest BCUT2D eigenvalue weighted by Crippen LogP contribution is -2.45. The van der Waals surface area contributed by atoms with Crippen LogP contribution >= 0.6 is 35.2 Å². The van der Waals surface area contributed by atoms with E-state index in [0.29, 0.717) is 6.67 Å². The average molecular weight is 488 g/mol. The average Bonchev–Trinajstić information content (AvgIpc) is 3.11. The lowest BCUT2D eigenvalue weighted by molar-refractivity contribution is 0.0895. The molecular formula is C23H26ClN5OS2. The molecule has 4 rings (SSSR count). The minimum Gasteiger partial charge on any atom is -0.349 e. The second-order valence-electron chi connectivity index (χ2n) is 8.08. The molecule has 0 bridgehead atoms. The molecule has 2 N–H and O–H groups in total. The van der Waals surface area contributed by atoms with Crippen LogP contribution in [0.15, 0.2) is 42.5 Å². The van der Waals surface area contributed by atoms with E-state index in [4.69, 9.17) is 23.8 Å². The first kappa shape index (κ1) is 22.9. The Morgan fingerprint density at radius 1 is 1.19 bits per heavy atom. The number of benzene rings is 2. The van der Waals surface area contributed by atoms with Crippen molar-refractivity contribution in [3.8, 4) is 0 Å². The number of piperidine rings is 1. The molecule has 32 heavy (non-hydrogen) atoms. The summed E-state index contributed by atoms with van der Waals surface area (Å²) in [5.74, 6) is 0.00944. The van der Waals surface area contributed by atoms with Crippen LogP contribution in [0.1, 0.15) is 34.3 Å². The van der Waals surface area contributed by atoms with E-state index in [9.17, 15) is 4.79 Å². The van der Waals surface area contributed by atoms with Gasteiger partial charge >= 0.3 is 0 Å². The fourth-order valence-electron chi connectivity index (χ4n) is 3.74. The van der Waals surface area contributed by atoms with Crippen molar-refractivity contribution >= 4 is 51.9 Å². The van der Waals surface area contributed by atoms with E-state index in [1.165, 1.54) is 11.3 Å². The van der Waals surface area contributed by atoms with Crippen LogP contribution in [0.5, 0.6) is 0 Å². The van der Waals surface area contributed by atoms with Crippen molar-refractivity contribution in [1.29, 1.82) is 0 Å². The smallest absolute Gasteiger partial charge is 0.251 e. The van der Waals surface area contributed by atoms with Crippen LogP contribution in [0, 0.1) is 17.8 Å². The molecule has 6 nitrogen and oxygen atoms in total. The molecule has 1 amide bonds. The van der Waals surface area contributed by atoms with Crippen LogP contribution in [0.4, 0.5) is 10.8 Å². The molecule has 1 aromatic heterocycles. The van der Waals surface area contributed by atoms with Crippen molar-refractivity contribution in [2.45, 2.75) is 39.4 Å². The number of carbonyl (C=O) groups excluding carboxylic acids is 1. The number of aromatic nitrogens is 2. The van der Waals surface area contributed by atoms with Crippen LogP contribution in [-0.4, -0.2) is 39.7 Å². The van der Waals surface area contributed by atoms with E-state index in [1.807, 2.05) is 61.0 Å². The van der Waals surface area contributed by atoms with Crippen LogP contribution in [-0.2, 0) is 6.67 Å². The first-order chi connectivity index (χ1) is 15.4. The number of aryl methyl sites for hydroxylation is 2. The van der Waals surface area contributed by atoms with Crippen molar-refractivity contribution in [3.63, 3.8) is 0 Å². The molecule has 1 fully saturated rings. The van der Waals surface area contributed by atoms with Crippen LogP contribution in [0.2, 0.25) is 5.02 Å². The minimum atomic E-state index is 0.00944. The SMILES string of the molecule is Cc1ccc(Nc2nn(CN3CCC(NC(=O)c4ccccc4C)CC3)c(=S)s2)cc1Cl. The fourth-order valence-corrected chi connectivity index (χ4v) is 4.93. The van der Waals surface area contributed by atoms with E-state index in [1.54, 1.807) is 0 Å². The summed E-state index contributed by atoms with van der Waals surface area (Å²) in [4.78, 5) is 14.9. The molecule has 3 aromatic rings. The molecule has 168 valence electrons. The normalized spacial score (nSPS) is 15.0. The third-order valence-corrected chi connectivity index (χ3v) is 7.31. The second kappa shape index (κ2) is 10.1. The lowest BCUT2D eigenvalue weighted by Gasteiger charge is -2.32. The van der Waals surface area contributed by atoms with Gasteiger partial charge in [0.15, 0.2) is 3.95 Å². The first-order valence-electron chi connectivity index (χ1n) is 10.6. The molecule has 0 atom stereocenters. The zero-order valence-corrected chi connectivity index (χ0v) is 20.5. The zero-order chi connectivity index (χ0) is 22.7. The predicted octanol–water partition coefficient (Wildman–Crippen LogP) is 5.54. The summed E-state index contributed by atoms with van der Waals surface area (Å²) in [5, 5.41) is 12.6. The van der Waals surface area contributed by atoms with E-state index in [2.05, 4.69) is 20.6 Å². The molecule has 0 saturated carbocycles. The summed E-state index contributed by atoms with van der Waals surface area (Å²) in [6.45, 7) is 6.35. The summed E-state index contributed by atoms with van der Waals surface area (Å²) < 4.78 is 2.57. The van der Waals surface area contributed by atoms with Gasteiger partial charge in [-0.3, -0.25) is 9.69 Å². The van der Waals surface area contributed by atoms with Gasteiger partial charge in [-0.05, 0) is 68.2 Å². The molecule has 1 saturated heterocycles. The Hall–Kier alpha value is -2.26. The predicted molar refractivity (Wildman–Crippen MR) is 134 cm³/mol. The third-order valence-electron chi connectivity index (χ3n) is 5.68. The zero-order valence-electron chi connectivity index (χ0n) is 18.1. The van der Waals surface area contributed by atoms with Crippen molar-refractivity contribution in [1.82, 2.24) is 20.0 Å². The quantitative estimate of drug-likeness (QED) is 0.447. The molecular weight excluding hydrogens is 462 g/mol. The first-order valence-corrected chi connectivity index (χ1v) is 12.2. The number of carbonyl (C=O) groups is 1. The van der Waals surface area contributed by atoms with Gasteiger partial charge in [0.1, 0.15) is 0 Å². The highest BCUT2D eigenvalue weighted by atomic mass is 35.5. The molecule has 1 aliphatic rings. The molecule has 9 heteroatoms. The maximum Gasteiger partial charge on any atom is 0.251 e. The van der Waals surface area contributed by atoms with E-state index in [-0.39, 0.29) is 11.9 Å². The van der Waals surface area contributed by atoms with Gasteiger partial charge in [0.25, 0.3) is 5.91 Å². The van der Waals surface area contributed by atoms with Crippen molar-refractivity contribution in [3.05, 3.63) is 68.1 Å². The molecule has 2 heterocycles. The third kappa shape index (κ3) is 5.56. The van der Waals surface area contributed by atoms with Gasteiger partial charge in [-0.25, -0.2) is 4.68 Å². The highest BCUT2D eigenvalue weighted by Crippen LogP contribution is 2.25. The fraction of sp³-hybridized carbons (Fsp3) is 0.348. The Kier molecular flexibility index (Phi) is 7.25. The Morgan fingerprint density at radius 3 is 2.66 bits per heavy atom. The standard InChI is InChI=1S/C23H26ClN5OS2/c1-15-5-3-4-6-19(15)21(30)25-17-9-11-28(12-10-17)14-29-23(31)32-22(27-29)26-18-8-7-16(2)20(24)13-18/h3-8,13,17H,9-12,14H2,1-2H3,(H,25,30)(H,26,27). The molecule has 0 unspecified atom stereocenters. The van der Waals surface area contributed by atoms with Gasteiger partial charge in [0.2, 0.25) is 5.13 Å². The maximum atomic E-state index is 12.6. The highest BCUT2D eigenvalue weighted by Gasteiger charge is 2.22. The largest absolute Gasteiger partial charge is 0.349 e. The van der Waals surface area contributed by atoms with Crippen molar-refractivity contribution in [2.24, 2.45) is 0 Å². The number of hydrogen-bond donors (Lipinski definition) is 2. The van der Waals surface area contributed by atoms with Gasteiger partial charge in [-0.15, -0.1) is 5.10 Å². The van der Waals surface area contributed by atoms with Gasteiger partial charge in [-0.2, -0.15) is 0 Å². The highest BCUT2D eigenvalue weighted by molar-refractivity contribution is 7.73. The topological polar surface area (TPSA) is 62.2 Å². The maximum absolute atomic E-state index is 12.6. The number of likely N-dealkylation sites (tertiary alicyclic amines) is 1. The van der Waals surface area contributed by atoms with Crippen molar-refractivity contribution in [2.75, 3.05) is 18.4 Å². The lowest BCUT2D eigenvalue weighted by atomic mass is 10.0. The summed E-state index contributed by atoms with van der Waals surface area (Å²) in [6.07, 6.45) is 1.81. The summed E-state index contributed by atoms with van der Waals surface area (Å²) >= 11 is 13.2. The Balaban J connectivity index is 1.30. The summed E-state index contributed by atoms with van der Waals surface area (Å²) in [5.41, 5.74) is 3.67. The number of nitrogens with one attached hydrogen (secondary N) is 2. The number of halogens is 1. The van der Waals surface area contributed by atoms with Gasteiger partial charge < -0.3 is 10.6 Å². The second-order valence-corrected chi connectivity index (χ2v) is 10.1. The molecule has 0 spiro atoms. The van der Waals surface area contributed by atoms with Crippen LogP contribution < -0.4 is 10.6 Å². The van der Waals surface area contributed by atoms with Crippen LogP contribution in [0.25, 0.3) is 0 Å². The number of amides is 1. The Labute approximate surface area is 202 Å². The Bertz CT molecular complexity index is 1170. The number of hydrogen-bond acceptors (Lipinski definition) is 6. The summed E-state index contributed by atoms with van der Waals surface area (Å²) in [6, 6.07) is 13.7. The van der Waals surface area contributed by atoms with Crippen molar-refractivity contribution < 1.29 is 4.79 Å². The van der Waals surface area contributed by atoms with Gasteiger partial charge in [-0.1, -0.05) is 47.2 Å². The van der Waals surface area contributed by atoms with Gasteiger partial charge in [0.05, 0.1) is 6.67 Å². The molecule has 0 radical (unpaired) electrons. The minimum absolute atomic E-state index is 0.00944. The van der Waals surface area contributed by atoms with E-state index in [0.717, 1.165) is 62.4 Å². The number of rotatable bonds is 6. The molecule has 1 aliphatic heterocycles. The molecule has 2 aromatic carbocycles. The van der Waals surface area contributed by atoms with E-state index < -0.39 is 0 Å². The molecule has 0 aliphatic carbocycles. The number of anilines is 2. The Morgan fingerprint density at radius 2 is 1.94 bits per heavy atom. The summed E-state index contributed by atoms with van der Waals surface area (Å²) in [7, 11) is 0. The van der Waals surface area contributed by atoms with Gasteiger partial charge in [0, 0.05) is 35.4 Å². The van der Waals surface area contributed by atoms with Crippen LogP contribution in [0.3, 0.4) is 0 Å². The van der Waals surface area contributed by atoms with E-state index >= 15 is 0 Å².